The third-order valence-corrected chi connectivity index (χ3v) is 3.10. The van der Waals surface area contributed by atoms with Crippen molar-refractivity contribution in [3.8, 4) is 0 Å². The smallest absolute Gasteiger partial charge is 0.312 e. The lowest BCUT2D eigenvalue weighted by molar-refractivity contribution is -0.183. The highest BCUT2D eigenvalue weighted by Crippen LogP contribution is 2.39. The topological polar surface area (TPSA) is 6.48 Å². The molecule has 1 atom stereocenters. The molecule has 2 rings (SSSR count). The first-order chi connectivity index (χ1) is 8.45. The Morgan fingerprint density at radius 1 is 1.17 bits per heavy atom. The predicted octanol–water partition coefficient (Wildman–Crippen LogP) is 3.14. The summed E-state index contributed by atoms with van der Waals surface area (Å²) in [4.78, 5) is 0. The summed E-state index contributed by atoms with van der Waals surface area (Å²) in [6.07, 6.45) is -2.70. The molecule has 1 aromatic carbocycles. The first-order valence-corrected chi connectivity index (χ1v) is 5.78. The second-order valence-corrected chi connectivity index (χ2v) is 4.22. The van der Waals surface area contributed by atoms with Gasteiger partial charge in [0.2, 0.25) is 0 Å². The molecule has 5 heteroatoms. The molecule has 1 heterocycles. The van der Waals surface area contributed by atoms with E-state index in [4.69, 9.17) is 0 Å². The Kier molecular flexibility index (Phi) is 3.34. The minimum atomic E-state index is -4.28. The largest absolute Gasteiger partial charge is 0.409 e. The second-order valence-electron chi connectivity index (χ2n) is 4.22. The fourth-order valence-electron chi connectivity index (χ4n) is 2.24. The number of alkyl halides is 3. The summed E-state index contributed by atoms with van der Waals surface area (Å²) >= 11 is 0. The Morgan fingerprint density at radius 2 is 1.78 bits per heavy atom. The lowest BCUT2D eigenvalue weighted by atomic mass is 10.00. The van der Waals surface area contributed by atoms with Crippen molar-refractivity contribution in [2.24, 2.45) is 0 Å². The van der Waals surface area contributed by atoms with Gasteiger partial charge in [-0.25, -0.2) is 5.01 Å². The van der Waals surface area contributed by atoms with E-state index in [1.165, 1.54) is 12.1 Å². The molecule has 0 amide bonds. The Bertz CT molecular complexity index is 439. The van der Waals surface area contributed by atoms with Crippen LogP contribution in [0.25, 0.3) is 5.57 Å². The van der Waals surface area contributed by atoms with Crippen LogP contribution in [0.2, 0.25) is 0 Å². The number of hydrogen-bond acceptors (Lipinski definition) is 2. The van der Waals surface area contributed by atoms with Gasteiger partial charge in [-0.05, 0) is 12.5 Å². The molecule has 1 aromatic rings. The van der Waals surface area contributed by atoms with Crippen LogP contribution in [0.5, 0.6) is 0 Å². The van der Waals surface area contributed by atoms with Crippen molar-refractivity contribution in [1.82, 2.24) is 10.0 Å². The third kappa shape index (κ3) is 2.22. The molecule has 0 saturated heterocycles. The Balaban J connectivity index is 2.42. The third-order valence-electron chi connectivity index (χ3n) is 3.10. The zero-order valence-electron chi connectivity index (χ0n) is 10.3. The maximum atomic E-state index is 13.1. The highest BCUT2D eigenvalue weighted by molar-refractivity contribution is 5.71. The summed E-state index contributed by atoms with van der Waals surface area (Å²) in [6.45, 7) is 2.34. The highest BCUT2D eigenvalue weighted by atomic mass is 19.4. The molecular weight excluding hydrogens is 241 g/mol. The van der Waals surface area contributed by atoms with Crippen LogP contribution in [0.4, 0.5) is 13.2 Å². The van der Waals surface area contributed by atoms with Crippen LogP contribution in [0.3, 0.4) is 0 Å². The molecule has 1 aliphatic rings. The fourth-order valence-corrected chi connectivity index (χ4v) is 2.24. The molecule has 0 N–H and O–H groups in total. The predicted molar refractivity (Wildman–Crippen MR) is 64.4 cm³/mol. The zero-order valence-corrected chi connectivity index (χ0v) is 10.3. The van der Waals surface area contributed by atoms with Crippen molar-refractivity contribution in [3.05, 3.63) is 42.1 Å². The molecule has 0 saturated carbocycles. The molecule has 0 fully saturated rings. The molecule has 1 unspecified atom stereocenters. The number of likely N-dealkylation sites (N-methyl/N-ethyl adjacent to an activating group) is 1. The monoisotopic (exact) mass is 256 g/mol. The summed E-state index contributed by atoms with van der Waals surface area (Å²) in [5, 5.41) is 2.82. The standard InChI is InChI=1S/C13H15F3N2/c1-3-18-9-11(10-7-5-4-6-8-10)12(17(18)2)13(14,15)16/h4-9,12H,3H2,1-2H3. The van der Waals surface area contributed by atoms with E-state index in [1.54, 1.807) is 41.5 Å². The van der Waals surface area contributed by atoms with Crippen molar-refractivity contribution >= 4 is 5.57 Å². The summed E-state index contributed by atoms with van der Waals surface area (Å²) in [7, 11) is 1.47. The summed E-state index contributed by atoms with van der Waals surface area (Å²) in [5.74, 6) is 0. The average Bonchev–Trinajstić information content (AvgIpc) is 2.67. The molecule has 2 nitrogen and oxygen atoms in total. The summed E-state index contributed by atoms with van der Waals surface area (Å²) < 4.78 is 39.4. The lowest BCUT2D eigenvalue weighted by Gasteiger charge is -2.31. The molecule has 98 valence electrons. The maximum absolute atomic E-state index is 13.1. The van der Waals surface area contributed by atoms with E-state index in [0.717, 1.165) is 0 Å². The molecular formula is C13H15F3N2. The fraction of sp³-hybridized carbons (Fsp3) is 0.385. The minimum Gasteiger partial charge on any atom is -0.312 e. The number of benzene rings is 1. The summed E-state index contributed by atoms with van der Waals surface area (Å²) in [6, 6.07) is 7.13. The van der Waals surface area contributed by atoms with Crippen LogP contribution in [0.15, 0.2) is 36.5 Å². The summed E-state index contributed by atoms with van der Waals surface area (Å²) in [5.41, 5.74) is 0.912. The van der Waals surface area contributed by atoms with Crippen molar-refractivity contribution in [3.63, 3.8) is 0 Å². The first-order valence-electron chi connectivity index (χ1n) is 5.78. The Morgan fingerprint density at radius 3 is 2.28 bits per heavy atom. The van der Waals surface area contributed by atoms with Gasteiger partial charge in [-0.15, -0.1) is 0 Å². The van der Waals surface area contributed by atoms with Gasteiger partial charge in [-0.3, -0.25) is 0 Å². The normalized spacial score (nSPS) is 21.3. The zero-order chi connectivity index (χ0) is 13.3. The van der Waals surface area contributed by atoms with Crippen molar-refractivity contribution in [2.75, 3.05) is 13.6 Å². The SMILES string of the molecule is CCN1C=C(c2ccccc2)C(C(F)(F)F)N1C. The van der Waals surface area contributed by atoms with Gasteiger partial charge in [-0.1, -0.05) is 30.3 Å². The van der Waals surface area contributed by atoms with Crippen LogP contribution in [0, 0.1) is 0 Å². The first kappa shape index (κ1) is 13.0. The van der Waals surface area contributed by atoms with Crippen LogP contribution in [-0.4, -0.2) is 35.8 Å². The van der Waals surface area contributed by atoms with Gasteiger partial charge in [0.15, 0.2) is 6.04 Å². The molecule has 18 heavy (non-hydrogen) atoms. The number of hydrazine groups is 1. The van der Waals surface area contributed by atoms with Crippen LogP contribution >= 0.6 is 0 Å². The van der Waals surface area contributed by atoms with E-state index >= 15 is 0 Å². The molecule has 0 radical (unpaired) electrons. The van der Waals surface area contributed by atoms with Crippen LogP contribution < -0.4 is 0 Å². The Hall–Kier alpha value is -1.49. The number of rotatable bonds is 2. The van der Waals surface area contributed by atoms with E-state index in [2.05, 4.69) is 0 Å². The van der Waals surface area contributed by atoms with Crippen LogP contribution in [-0.2, 0) is 0 Å². The van der Waals surface area contributed by atoms with Gasteiger partial charge in [0.1, 0.15) is 0 Å². The highest BCUT2D eigenvalue weighted by Gasteiger charge is 2.49. The van der Waals surface area contributed by atoms with Gasteiger partial charge in [-0.2, -0.15) is 13.2 Å². The average molecular weight is 256 g/mol. The molecule has 0 spiro atoms. The molecule has 0 aromatic heterocycles. The van der Waals surface area contributed by atoms with E-state index < -0.39 is 12.2 Å². The number of hydrogen-bond donors (Lipinski definition) is 0. The van der Waals surface area contributed by atoms with Crippen molar-refractivity contribution in [2.45, 2.75) is 19.1 Å². The quantitative estimate of drug-likeness (QED) is 0.802. The maximum Gasteiger partial charge on any atom is 0.409 e. The number of halogens is 3. The second kappa shape index (κ2) is 4.65. The van der Waals surface area contributed by atoms with Gasteiger partial charge in [0.25, 0.3) is 0 Å². The van der Waals surface area contributed by atoms with E-state index in [1.807, 2.05) is 6.92 Å². The molecule has 1 aliphatic heterocycles. The van der Waals surface area contributed by atoms with Gasteiger partial charge in [0.05, 0.1) is 0 Å². The minimum absolute atomic E-state index is 0.299. The number of nitrogens with zero attached hydrogens (tertiary/aromatic N) is 2. The van der Waals surface area contributed by atoms with E-state index in [0.29, 0.717) is 17.7 Å². The van der Waals surface area contributed by atoms with Crippen molar-refractivity contribution in [1.29, 1.82) is 0 Å². The van der Waals surface area contributed by atoms with Crippen LogP contribution in [0.1, 0.15) is 12.5 Å². The van der Waals surface area contributed by atoms with Gasteiger partial charge >= 0.3 is 6.18 Å². The molecule has 0 aliphatic carbocycles. The molecule has 0 bridgehead atoms. The van der Waals surface area contributed by atoms with E-state index in [-0.39, 0.29) is 0 Å². The van der Waals surface area contributed by atoms with E-state index in [9.17, 15) is 13.2 Å². The lowest BCUT2D eigenvalue weighted by Crippen LogP contribution is -2.46. The van der Waals surface area contributed by atoms with Gasteiger partial charge in [0, 0.05) is 25.4 Å². The van der Waals surface area contributed by atoms with Crippen molar-refractivity contribution < 1.29 is 13.2 Å². The Labute approximate surface area is 104 Å². The van der Waals surface area contributed by atoms with Gasteiger partial charge < -0.3 is 5.01 Å².